The summed E-state index contributed by atoms with van der Waals surface area (Å²) in [6, 6.07) is 20.1. The van der Waals surface area contributed by atoms with Crippen LogP contribution in [-0.4, -0.2) is 43.7 Å². The van der Waals surface area contributed by atoms with Gasteiger partial charge >= 0.3 is 0 Å². The van der Waals surface area contributed by atoms with Gasteiger partial charge in [-0.2, -0.15) is 9.78 Å². The molecule has 0 spiro atoms. The molecule has 6 rings (SSSR count). The molecule has 0 aliphatic rings. The van der Waals surface area contributed by atoms with Gasteiger partial charge in [-0.1, -0.05) is 18.2 Å². The molecule has 3 aromatic carbocycles. The lowest BCUT2D eigenvalue weighted by Crippen LogP contribution is -2.23. The van der Waals surface area contributed by atoms with E-state index in [9.17, 15) is 15.0 Å². The van der Waals surface area contributed by atoms with Crippen LogP contribution in [-0.2, 0) is 13.2 Å². The molecular weight excluding hydrogens is 568 g/mol. The minimum Gasteiger partial charge on any atom is -0.493 e. The number of aromatic nitrogens is 4. The number of benzene rings is 3. The van der Waals surface area contributed by atoms with Crippen molar-refractivity contribution in [1.82, 2.24) is 19.7 Å². The van der Waals surface area contributed by atoms with Crippen molar-refractivity contribution in [2.24, 2.45) is 0 Å². The molecule has 3 aromatic heterocycles. The fourth-order valence-electron chi connectivity index (χ4n) is 5.34. The van der Waals surface area contributed by atoms with Gasteiger partial charge in [-0.05, 0) is 88.5 Å². The van der Waals surface area contributed by atoms with E-state index >= 15 is 0 Å². The maximum Gasteiger partial charge on any atom is 0.280 e. The molecule has 0 saturated carbocycles. The van der Waals surface area contributed by atoms with Crippen LogP contribution in [0, 0.1) is 0 Å². The van der Waals surface area contributed by atoms with Gasteiger partial charge in [0, 0.05) is 29.5 Å². The number of hydrogen-bond donors (Lipinski definition) is 2. The third-order valence-electron chi connectivity index (χ3n) is 7.24. The number of rotatable bonds is 8. The van der Waals surface area contributed by atoms with Gasteiger partial charge in [0.05, 0.1) is 32.3 Å². The highest BCUT2D eigenvalue weighted by Crippen LogP contribution is 2.41. The zero-order valence-corrected chi connectivity index (χ0v) is 24.3. The van der Waals surface area contributed by atoms with Crippen molar-refractivity contribution in [3.63, 3.8) is 0 Å². The number of aliphatic hydroxyl groups is 2. The van der Waals surface area contributed by atoms with E-state index in [0.717, 1.165) is 16.3 Å². The van der Waals surface area contributed by atoms with Crippen LogP contribution in [0.4, 0.5) is 0 Å². The molecule has 0 unspecified atom stereocenters. The number of pyridine rings is 2. The number of nitrogens with zero attached hydrogens (tertiary/aromatic N) is 4. The molecule has 0 saturated heterocycles. The Balaban J connectivity index is 0.00000368. The van der Waals surface area contributed by atoms with E-state index in [1.807, 2.05) is 55.5 Å². The second kappa shape index (κ2) is 12.6. The summed E-state index contributed by atoms with van der Waals surface area (Å²) in [4.78, 5) is 22.5. The van der Waals surface area contributed by atoms with Gasteiger partial charge in [0.1, 0.15) is 5.69 Å². The van der Waals surface area contributed by atoms with Crippen LogP contribution in [0.1, 0.15) is 18.1 Å². The lowest BCUT2D eigenvalue weighted by atomic mass is 9.90. The first-order valence-corrected chi connectivity index (χ1v) is 13.5. The molecule has 0 bridgehead atoms. The van der Waals surface area contributed by atoms with E-state index in [-0.39, 0.29) is 31.2 Å². The Morgan fingerprint density at radius 2 is 1.67 bits per heavy atom. The second-order valence-corrected chi connectivity index (χ2v) is 9.62. The Morgan fingerprint density at radius 3 is 2.37 bits per heavy atom. The molecule has 6 aromatic rings. The predicted octanol–water partition coefficient (Wildman–Crippen LogP) is 5.48. The number of ether oxygens (including phenoxy) is 2. The first kappa shape index (κ1) is 29.7. The summed E-state index contributed by atoms with van der Waals surface area (Å²) in [5, 5.41) is 28.2. The lowest BCUT2D eigenvalue weighted by molar-refractivity contribution is 0.260. The fourth-order valence-corrected chi connectivity index (χ4v) is 5.34. The topological polar surface area (TPSA) is 120 Å². The van der Waals surface area contributed by atoms with Crippen molar-refractivity contribution in [2.75, 3.05) is 13.7 Å². The van der Waals surface area contributed by atoms with Crippen molar-refractivity contribution in [2.45, 2.75) is 20.1 Å². The Kier molecular flexibility index (Phi) is 8.68. The smallest absolute Gasteiger partial charge is 0.280 e. The summed E-state index contributed by atoms with van der Waals surface area (Å²) in [5.74, 6) is 1.41. The van der Waals surface area contributed by atoms with Gasteiger partial charge in [-0.15, -0.1) is 12.4 Å². The summed E-state index contributed by atoms with van der Waals surface area (Å²) < 4.78 is 12.7. The van der Waals surface area contributed by atoms with Crippen LogP contribution in [0.2, 0.25) is 0 Å². The quantitative estimate of drug-likeness (QED) is 0.237. The summed E-state index contributed by atoms with van der Waals surface area (Å²) in [6.07, 6.45) is 4.99. The van der Waals surface area contributed by atoms with Crippen molar-refractivity contribution < 1.29 is 19.7 Å². The monoisotopic (exact) mass is 596 g/mol. The molecule has 9 nitrogen and oxygen atoms in total. The molecule has 0 amide bonds. The first-order chi connectivity index (χ1) is 20.6. The summed E-state index contributed by atoms with van der Waals surface area (Å²) in [5.41, 5.74) is 3.55. The number of fused-ring (bicyclic) bond motifs is 2. The first-order valence-electron chi connectivity index (χ1n) is 13.5. The molecule has 218 valence electrons. The van der Waals surface area contributed by atoms with Crippen LogP contribution in [0.5, 0.6) is 11.5 Å². The highest BCUT2D eigenvalue weighted by Gasteiger charge is 2.20. The van der Waals surface area contributed by atoms with Crippen LogP contribution in [0.3, 0.4) is 0 Å². The van der Waals surface area contributed by atoms with Crippen molar-refractivity contribution in [3.8, 4) is 39.7 Å². The molecule has 0 aliphatic heterocycles. The standard InChI is InChI=1S/C33H28N4O5.ClH/c1-3-42-29-16-26-22(14-28(29)41-2)13-23(18-38)27(19-39)31(26)20-10-12-35-30(15-20)37-33(40)25-9-5-4-8-24(25)32(36-37)21-7-6-11-34-17-21;/h4-17,38-39H,3,18-19H2,1-2H3;1H. The molecule has 2 N–H and O–H groups in total. The molecule has 43 heavy (non-hydrogen) atoms. The van der Waals surface area contributed by atoms with E-state index in [0.29, 0.717) is 62.6 Å². The third kappa shape index (κ3) is 5.30. The van der Waals surface area contributed by atoms with Gasteiger partial charge in [0.15, 0.2) is 17.3 Å². The van der Waals surface area contributed by atoms with E-state index in [1.165, 1.54) is 4.68 Å². The highest BCUT2D eigenvalue weighted by atomic mass is 35.5. The van der Waals surface area contributed by atoms with E-state index in [1.54, 1.807) is 43.9 Å². The summed E-state index contributed by atoms with van der Waals surface area (Å²) in [7, 11) is 1.57. The zero-order valence-electron chi connectivity index (χ0n) is 23.5. The molecule has 3 heterocycles. The van der Waals surface area contributed by atoms with Crippen molar-refractivity contribution in [1.29, 1.82) is 0 Å². The van der Waals surface area contributed by atoms with Gasteiger partial charge in [0.25, 0.3) is 5.56 Å². The molecule has 10 heteroatoms. The maximum atomic E-state index is 13.7. The van der Waals surface area contributed by atoms with Crippen LogP contribution in [0.15, 0.2) is 90.1 Å². The fraction of sp³-hybridized carbons (Fsp3) is 0.152. The number of halogens is 1. The van der Waals surface area contributed by atoms with Gasteiger partial charge in [0.2, 0.25) is 0 Å². The molecule has 0 radical (unpaired) electrons. The minimum absolute atomic E-state index is 0. The highest BCUT2D eigenvalue weighted by molar-refractivity contribution is 6.01. The second-order valence-electron chi connectivity index (χ2n) is 9.62. The molecule has 0 aliphatic carbocycles. The third-order valence-corrected chi connectivity index (χ3v) is 7.24. The lowest BCUT2D eigenvalue weighted by Gasteiger charge is -2.19. The average molecular weight is 597 g/mol. The molecular formula is C33H29ClN4O5. The van der Waals surface area contributed by atoms with Gasteiger partial charge in [-0.25, -0.2) is 4.98 Å². The molecule has 0 fully saturated rings. The number of methoxy groups -OCH3 is 1. The van der Waals surface area contributed by atoms with Crippen LogP contribution >= 0.6 is 12.4 Å². The number of aliphatic hydroxyl groups excluding tert-OH is 2. The van der Waals surface area contributed by atoms with Crippen LogP contribution in [0.25, 0.3) is 49.7 Å². The Morgan fingerprint density at radius 1 is 0.860 bits per heavy atom. The van der Waals surface area contributed by atoms with E-state index < -0.39 is 0 Å². The van der Waals surface area contributed by atoms with Crippen molar-refractivity contribution in [3.05, 3.63) is 107 Å². The van der Waals surface area contributed by atoms with Gasteiger partial charge < -0.3 is 19.7 Å². The SMILES string of the molecule is CCOc1cc2c(-c3ccnc(-n4nc(-c5cccnc5)c5ccccc5c4=O)c3)c(CO)c(CO)cc2cc1OC.Cl. The van der Waals surface area contributed by atoms with E-state index in [2.05, 4.69) is 9.97 Å². The van der Waals surface area contributed by atoms with Gasteiger partial charge in [-0.3, -0.25) is 9.78 Å². The zero-order chi connectivity index (χ0) is 29.2. The number of hydrogen-bond acceptors (Lipinski definition) is 8. The maximum absolute atomic E-state index is 13.7. The normalized spacial score (nSPS) is 11.0. The predicted molar refractivity (Wildman–Crippen MR) is 168 cm³/mol. The largest absolute Gasteiger partial charge is 0.493 e. The summed E-state index contributed by atoms with van der Waals surface area (Å²) in [6.45, 7) is 1.75. The average Bonchev–Trinajstić information content (AvgIpc) is 3.04. The Bertz CT molecular complexity index is 2000. The molecule has 0 atom stereocenters. The Hall–Kier alpha value is -4.83. The van der Waals surface area contributed by atoms with Crippen molar-refractivity contribution >= 4 is 34.0 Å². The van der Waals surface area contributed by atoms with Crippen LogP contribution < -0.4 is 15.0 Å². The Labute approximate surface area is 253 Å². The minimum atomic E-state index is -0.317. The van der Waals surface area contributed by atoms with E-state index in [4.69, 9.17) is 14.6 Å². The summed E-state index contributed by atoms with van der Waals surface area (Å²) >= 11 is 0.